The third kappa shape index (κ3) is 3.82. The molecule has 0 bridgehead atoms. The van der Waals surface area contributed by atoms with Gasteiger partial charge in [-0.15, -0.1) is 0 Å². The summed E-state index contributed by atoms with van der Waals surface area (Å²) in [5.74, 6) is 0.969. The molecule has 1 heterocycles. The molecule has 1 unspecified atom stereocenters. The number of rotatable bonds is 7. The van der Waals surface area contributed by atoms with Crippen molar-refractivity contribution in [3.05, 3.63) is 59.9 Å². The van der Waals surface area contributed by atoms with E-state index in [1.54, 1.807) is 0 Å². The van der Waals surface area contributed by atoms with E-state index < -0.39 is 0 Å². The molecule has 3 nitrogen and oxygen atoms in total. The fraction of sp³-hybridized carbons (Fsp3) is 0.389. The molecule has 1 atom stereocenters. The Morgan fingerprint density at radius 1 is 1.19 bits per heavy atom. The lowest BCUT2D eigenvalue weighted by atomic mass is 10.0. The topological polar surface area (TPSA) is 34.1 Å². The van der Waals surface area contributed by atoms with E-state index in [-0.39, 0.29) is 6.04 Å². The van der Waals surface area contributed by atoms with Gasteiger partial charge in [0.2, 0.25) is 0 Å². The van der Waals surface area contributed by atoms with E-state index in [0.29, 0.717) is 6.10 Å². The molecule has 0 radical (unpaired) electrons. The van der Waals surface area contributed by atoms with E-state index in [0.717, 1.165) is 24.4 Å². The van der Waals surface area contributed by atoms with Crippen molar-refractivity contribution in [2.45, 2.75) is 38.3 Å². The van der Waals surface area contributed by atoms with Crippen molar-refractivity contribution in [2.24, 2.45) is 0 Å². The maximum atomic E-state index is 5.81. The van der Waals surface area contributed by atoms with Crippen molar-refractivity contribution >= 4 is 0 Å². The summed E-state index contributed by atoms with van der Waals surface area (Å²) in [7, 11) is 0. The summed E-state index contributed by atoms with van der Waals surface area (Å²) in [4.78, 5) is 4.50. The zero-order valence-electron chi connectivity index (χ0n) is 12.5. The second kappa shape index (κ2) is 6.72. The minimum absolute atomic E-state index is 0.140. The van der Waals surface area contributed by atoms with Gasteiger partial charge in [0.25, 0.3) is 0 Å². The lowest BCUT2D eigenvalue weighted by molar-refractivity contribution is 0.303. The van der Waals surface area contributed by atoms with Gasteiger partial charge in [-0.25, -0.2) is 0 Å². The minimum Gasteiger partial charge on any atom is -0.490 e. The smallest absolute Gasteiger partial charge is 0.119 e. The van der Waals surface area contributed by atoms with Crippen LogP contribution in [0.5, 0.6) is 5.75 Å². The molecule has 1 aromatic heterocycles. The van der Waals surface area contributed by atoms with Gasteiger partial charge in [-0.1, -0.05) is 25.1 Å². The third-order valence-electron chi connectivity index (χ3n) is 3.62. The van der Waals surface area contributed by atoms with Gasteiger partial charge in [0.15, 0.2) is 0 Å². The predicted octanol–water partition coefficient (Wildman–Crippen LogP) is 3.71. The predicted molar refractivity (Wildman–Crippen MR) is 84.5 cm³/mol. The van der Waals surface area contributed by atoms with E-state index in [4.69, 9.17) is 4.74 Å². The number of nitrogens with one attached hydrogen (secondary N) is 1. The summed E-state index contributed by atoms with van der Waals surface area (Å²) >= 11 is 0. The van der Waals surface area contributed by atoms with E-state index in [1.165, 1.54) is 18.4 Å². The monoisotopic (exact) mass is 282 g/mol. The first-order valence-corrected chi connectivity index (χ1v) is 7.77. The van der Waals surface area contributed by atoms with Crippen LogP contribution in [0.2, 0.25) is 0 Å². The highest BCUT2D eigenvalue weighted by Crippen LogP contribution is 2.28. The van der Waals surface area contributed by atoms with Gasteiger partial charge in [-0.2, -0.15) is 0 Å². The maximum Gasteiger partial charge on any atom is 0.119 e. The molecular weight excluding hydrogens is 260 g/mol. The van der Waals surface area contributed by atoms with Gasteiger partial charge >= 0.3 is 0 Å². The van der Waals surface area contributed by atoms with Crippen LogP contribution in [0.1, 0.15) is 43.5 Å². The number of benzene rings is 1. The molecule has 0 aliphatic heterocycles. The molecule has 0 spiro atoms. The van der Waals surface area contributed by atoms with E-state index in [2.05, 4.69) is 47.6 Å². The van der Waals surface area contributed by atoms with E-state index in [9.17, 15) is 0 Å². The fourth-order valence-electron chi connectivity index (χ4n) is 2.35. The molecular formula is C18H22N2O. The van der Waals surface area contributed by atoms with Crippen molar-refractivity contribution in [3.8, 4) is 5.75 Å². The Morgan fingerprint density at radius 3 is 2.62 bits per heavy atom. The quantitative estimate of drug-likeness (QED) is 0.840. The van der Waals surface area contributed by atoms with Gasteiger partial charge in [0.05, 0.1) is 17.8 Å². The van der Waals surface area contributed by atoms with Gasteiger partial charge in [-0.05, 0) is 55.6 Å². The third-order valence-corrected chi connectivity index (χ3v) is 3.62. The Morgan fingerprint density at radius 2 is 2.00 bits per heavy atom. The molecule has 21 heavy (non-hydrogen) atoms. The Kier molecular flexibility index (Phi) is 4.51. The SMILES string of the molecule is CCCNC(c1ccc(OC2CC2)cc1)c1ccccn1. The summed E-state index contributed by atoms with van der Waals surface area (Å²) < 4.78 is 5.81. The Labute approximate surface area is 126 Å². The molecule has 2 aromatic rings. The van der Waals surface area contributed by atoms with Crippen LogP contribution >= 0.6 is 0 Å². The lowest BCUT2D eigenvalue weighted by Crippen LogP contribution is -2.24. The number of pyridine rings is 1. The number of hydrogen-bond donors (Lipinski definition) is 1. The normalized spacial score (nSPS) is 15.7. The Hall–Kier alpha value is -1.87. The second-order valence-electron chi connectivity index (χ2n) is 5.53. The maximum absolute atomic E-state index is 5.81. The second-order valence-corrected chi connectivity index (χ2v) is 5.53. The molecule has 1 aliphatic rings. The van der Waals surface area contributed by atoms with Crippen molar-refractivity contribution in [3.63, 3.8) is 0 Å². The summed E-state index contributed by atoms with van der Waals surface area (Å²) in [5, 5.41) is 3.57. The summed E-state index contributed by atoms with van der Waals surface area (Å²) in [5.41, 5.74) is 2.28. The average molecular weight is 282 g/mol. The first-order chi connectivity index (χ1) is 10.4. The van der Waals surface area contributed by atoms with Gasteiger partial charge in [0, 0.05) is 6.20 Å². The van der Waals surface area contributed by atoms with Crippen molar-refractivity contribution < 1.29 is 4.74 Å². The molecule has 1 aromatic carbocycles. The van der Waals surface area contributed by atoms with Crippen LogP contribution in [-0.4, -0.2) is 17.6 Å². The van der Waals surface area contributed by atoms with Crippen molar-refractivity contribution in [1.82, 2.24) is 10.3 Å². The summed E-state index contributed by atoms with van der Waals surface area (Å²) in [6, 6.07) is 14.6. The highest BCUT2D eigenvalue weighted by molar-refractivity contribution is 5.33. The largest absolute Gasteiger partial charge is 0.490 e. The first kappa shape index (κ1) is 14.1. The zero-order valence-corrected chi connectivity index (χ0v) is 12.5. The Bertz CT molecular complexity index is 549. The minimum atomic E-state index is 0.140. The number of ether oxygens (including phenoxy) is 1. The highest BCUT2D eigenvalue weighted by Gasteiger charge is 2.23. The molecule has 1 aliphatic carbocycles. The fourth-order valence-corrected chi connectivity index (χ4v) is 2.35. The van der Waals surface area contributed by atoms with Crippen LogP contribution in [0.25, 0.3) is 0 Å². The van der Waals surface area contributed by atoms with Crippen LogP contribution in [0, 0.1) is 0 Å². The van der Waals surface area contributed by atoms with Gasteiger partial charge in [-0.3, -0.25) is 4.98 Å². The van der Waals surface area contributed by atoms with Gasteiger partial charge in [0.1, 0.15) is 5.75 Å². The van der Waals surface area contributed by atoms with Crippen LogP contribution in [-0.2, 0) is 0 Å². The van der Waals surface area contributed by atoms with E-state index in [1.807, 2.05) is 18.3 Å². The van der Waals surface area contributed by atoms with Crippen LogP contribution < -0.4 is 10.1 Å². The molecule has 1 saturated carbocycles. The number of hydrogen-bond acceptors (Lipinski definition) is 3. The number of nitrogens with zero attached hydrogens (tertiary/aromatic N) is 1. The molecule has 110 valence electrons. The number of aromatic nitrogens is 1. The van der Waals surface area contributed by atoms with Crippen LogP contribution in [0.4, 0.5) is 0 Å². The molecule has 3 rings (SSSR count). The van der Waals surface area contributed by atoms with Crippen LogP contribution in [0.3, 0.4) is 0 Å². The zero-order chi connectivity index (χ0) is 14.5. The van der Waals surface area contributed by atoms with Crippen molar-refractivity contribution in [2.75, 3.05) is 6.54 Å². The van der Waals surface area contributed by atoms with Crippen molar-refractivity contribution in [1.29, 1.82) is 0 Å². The molecule has 0 amide bonds. The standard InChI is InChI=1S/C18H22N2O/c1-2-12-20-18(17-5-3-4-13-19-17)14-6-8-15(9-7-14)21-16-10-11-16/h3-9,13,16,18,20H,2,10-12H2,1H3. The van der Waals surface area contributed by atoms with Crippen LogP contribution in [0.15, 0.2) is 48.7 Å². The molecule has 3 heteroatoms. The lowest BCUT2D eigenvalue weighted by Gasteiger charge is -2.19. The molecule has 1 N–H and O–H groups in total. The first-order valence-electron chi connectivity index (χ1n) is 7.77. The van der Waals surface area contributed by atoms with Gasteiger partial charge < -0.3 is 10.1 Å². The highest BCUT2D eigenvalue weighted by atomic mass is 16.5. The summed E-state index contributed by atoms with van der Waals surface area (Å²) in [6.45, 7) is 3.15. The van der Waals surface area contributed by atoms with E-state index >= 15 is 0 Å². The average Bonchev–Trinajstić information content (AvgIpc) is 3.34. The Balaban J connectivity index is 1.78. The molecule has 1 fully saturated rings. The summed E-state index contributed by atoms with van der Waals surface area (Å²) in [6.07, 6.45) is 5.78. The molecule has 0 saturated heterocycles.